The molecular formula is C7H2ClFN2O2S. The minimum atomic E-state index is -0.899. The Balaban J connectivity index is 2.76. The molecule has 0 aliphatic rings. The molecule has 2 aromatic rings. The summed E-state index contributed by atoms with van der Waals surface area (Å²) in [5, 5.41) is 10.4. The lowest BCUT2D eigenvalue weighted by Crippen LogP contribution is -1.91. The number of benzene rings is 1. The van der Waals surface area contributed by atoms with Crippen molar-refractivity contribution in [2.75, 3.05) is 0 Å². The summed E-state index contributed by atoms with van der Waals surface area (Å²) < 4.78 is 13.8. The summed E-state index contributed by atoms with van der Waals surface area (Å²) in [4.78, 5) is 13.4. The summed E-state index contributed by atoms with van der Waals surface area (Å²) in [6.07, 6.45) is 0. The lowest BCUT2D eigenvalue weighted by Gasteiger charge is -1.92. The highest BCUT2D eigenvalue weighted by Gasteiger charge is 2.16. The van der Waals surface area contributed by atoms with Crippen molar-refractivity contribution in [2.24, 2.45) is 0 Å². The van der Waals surface area contributed by atoms with E-state index in [9.17, 15) is 14.5 Å². The van der Waals surface area contributed by atoms with Gasteiger partial charge in [0.15, 0.2) is 4.47 Å². The zero-order valence-corrected chi connectivity index (χ0v) is 8.10. The van der Waals surface area contributed by atoms with Gasteiger partial charge in [0.05, 0.1) is 15.1 Å². The highest BCUT2D eigenvalue weighted by Crippen LogP contribution is 2.30. The Labute approximate surface area is 86.1 Å². The van der Waals surface area contributed by atoms with Crippen LogP contribution in [0.4, 0.5) is 10.1 Å². The van der Waals surface area contributed by atoms with E-state index in [1.807, 2.05) is 0 Å². The molecule has 0 fully saturated rings. The smallest absolute Gasteiger partial charge is 0.258 e. The van der Waals surface area contributed by atoms with Gasteiger partial charge in [0.1, 0.15) is 0 Å². The van der Waals surface area contributed by atoms with Gasteiger partial charge < -0.3 is 0 Å². The monoisotopic (exact) mass is 232 g/mol. The molecule has 2 rings (SSSR count). The molecule has 1 aromatic carbocycles. The second kappa shape index (κ2) is 3.14. The van der Waals surface area contributed by atoms with Crippen LogP contribution in [-0.2, 0) is 0 Å². The van der Waals surface area contributed by atoms with Crippen molar-refractivity contribution in [3.05, 3.63) is 32.5 Å². The summed E-state index contributed by atoms with van der Waals surface area (Å²) >= 11 is 6.66. The van der Waals surface area contributed by atoms with Crippen molar-refractivity contribution in [1.29, 1.82) is 0 Å². The fourth-order valence-electron chi connectivity index (χ4n) is 1.05. The van der Waals surface area contributed by atoms with Crippen molar-refractivity contribution >= 4 is 38.8 Å². The summed E-state index contributed by atoms with van der Waals surface area (Å²) in [7, 11) is 0. The van der Waals surface area contributed by atoms with Crippen molar-refractivity contribution in [3.63, 3.8) is 0 Å². The Morgan fingerprint density at radius 2 is 2.29 bits per heavy atom. The molecule has 72 valence electrons. The fourth-order valence-corrected chi connectivity index (χ4v) is 2.10. The van der Waals surface area contributed by atoms with Crippen LogP contribution in [0.5, 0.6) is 0 Å². The molecule has 0 N–H and O–H groups in total. The predicted octanol–water partition coefficient (Wildman–Crippen LogP) is 3.00. The SMILES string of the molecule is O=[N+]([O-])c1cc2sc(Cl)nc2cc1F. The van der Waals surface area contributed by atoms with Gasteiger partial charge in [-0.05, 0) is 0 Å². The molecule has 0 atom stereocenters. The van der Waals surface area contributed by atoms with Crippen LogP contribution in [0, 0.1) is 15.9 Å². The summed E-state index contributed by atoms with van der Waals surface area (Å²) in [6, 6.07) is 2.14. The van der Waals surface area contributed by atoms with E-state index in [2.05, 4.69) is 4.98 Å². The molecule has 0 unspecified atom stereocenters. The maximum atomic E-state index is 13.1. The van der Waals surface area contributed by atoms with Gasteiger partial charge in [0.2, 0.25) is 5.82 Å². The number of thiazole rings is 1. The first-order valence-corrected chi connectivity index (χ1v) is 4.67. The van der Waals surface area contributed by atoms with Crippen LogP contribution in [0.15, 0.2) is 12.1 Å². The van der Waals surface area contributed by atoms with Crippen LogP contribution in [0.1, 0.15) is 0 Å². The van der Waals surface area contributed by atoms with Gasteiger partial charge in [-0.15, -0.1) is 11.3 Å². The first-order chi connectivity index (χ1) is 6.58. The average Bonchev–Trinajstić information content (AvgIpc) is 2.42. The number of aromatic nitrogens is 1. The normalized spacial score (nSPS) is 10.7. The van der Waals surface area contributed by atoms with E-state index in [0.717, 1.165) is 23.5 Å². The molecule has 14 heavy (non-hydrogen) atoms. The lowest BCUT2D eigenvalue weighted by atomic mass is 10.3. The quantitative estimate of drug-likeness (QED) is 0.561. The number of nitrogens with zero attached hydrogens (tertiary/aromatic N) is 2. The van der Waals surface area contributed by atoms with Crippen molar-refractivity contribution in [2.45, 2.75) is 0 Å². The molecule has 7 heteroatoms. The second-order valence-electron chi connectivity index (χ2n) is 2.50. The van der Waals surface area contributed by atoms with Crippen LogP contribution < -0.4 is 0 Å². The van der Waals surface area contributed by atoms with Gasteiger partial charge in [-0.3, -0.25) is 10.1 Å². The van der Waals surface area contributed by atoms with Crippen molar-refractivity contribution in [1.82, 2.24) is 4.98 Å². The lowest BCUT2D eigenvalue weighted by molar-refractivity contribution is -0.387. The molecular weight excluding hydrogens is 231 g/mol. The predicted molar refractivity (Wildman–Crippen MR) is 51.2 cm³/mol. The van der Waals surface area contributed by atoms with E-state index >= 15 is 0 Å². The third kappa shape index (κ3) is 1.42. The molecule has 1 heterocycles. The Morgan fingerprint density at radius 3 is 2.93 bits per heavy atom. The van der Waals surface area contributed by atoms with Crippen LogP contribution >= 0.6 is 22.9 Å². The van der Waals surface area contributed by atoms with Crippen LogP contribution in [0.2, 0.25) is 4.47 Å². The molecule has 0 spiro atoms. The molecule has 4 nitrogen and oxygen atoms in total. The Bertz CT molecular complexity index is 528. The van der Waals surface area contributed by atoms with Crippen molar-refractivity contribution in [3.8, 4) is 0 Å². The molecule has 1 aromatic heterocycles. The number of hydrogen-bond donors (Lipinski definition) is 0. The first kappa shape index (κ1) is 9.29. The van der Waals surface area contributed by atoms with Gasteiger partial charge in [-0.2, -0.15) is 4.39 Å². The third-order valence-electron chi connectivity index (χ3n) is 1.63. The minimum absolute atomic E-state index is 0.236. The highest BCUT2D eigenvalue weighted by atomic mass is 35.5. The number of fused-ring (bicyclic) bond motifs is 1. The van der Waals surface area contributed by atoms with E-state index in [-0.39, 0.29) is 4.47 Å². The topological polar surface area (TPSA) is 56.0 Å². The average molecular weight is 233 g/mol. The maximum Gasteiger partial charge on any atom is 0.306 e. The maximum absolute atomic E-state index is 13.1. The van der Waals surface area contributed by atoms with E-state index in [1.54, 1.807) is 0 Å². The zero-order valence-electron chi connectivity index (χ0n) is 6.53. The number of hydrogen-bond acceptors (Lipinski definition) is 4. The van der Waals surface area contributed by atoms with Gasteiger partial charge in [0, 0.05) is 12.1 Å². The van der Waals surface area contributed by atoms with E-state index in [1.165, 1.54) is 0 Å². The Kier molecular flexibility index (Phi) is 2.09. The molecule has 0 aliphatic heterocycles. The Hall–Kier alpha value is -1.27. The van der Waals surface area contributed by atoms with E-state index in [4.69, 9.17) is 11.6 Å². The minimum Gasteiger partial charge on any atom is -0.258 e. The van der Waals surface area contributed by atoms with Gasteiger partial charge in [-0.1, -0.05) is 11.6 Å². The van der Waals surface area contributed by atoms with Crippen LogP contribution in [0.3, 0.4) is 0 Å². The summed E-state index contributed by atoms with van der Waals surface area (Å²) in [5.74, 6) is -0.899. The second-order valence-corrected chi connectivity index (χ2v) is 4.11. The van der Waals surface area contributed by atoms with E-state index in [0.29, 0.717) is 10.2 Å². The van der Waals surface area contributed by atoms with Crippen LogP contribution in [-0.4, -0.2) is 9.91 Å². The molecule has 0 saturated carbocycles. The number of nitro groups is 1. The molecule has 0 bridgehead atoms. The number of nitro benzene ring substituents is 1. The molecule has 0 radical (unpaired) electrons. The molecule has 0 aliphatic carbocycles. The zero-order chi connectivity index (χ0) is 10.3. The highest BCUT2D eigenvalue weighted by molar-refractivity contribution is 7.22. The van der Waals surface area contributed by atoms with Gasteiger partial charge in [-0.25, -0.2) is 4.98 Å². The third-order valence-corrected chi connectivity index (χ3v) is 2.75. The van der Waals surface area contributed by atoms with Crippen molar-refractivity contribution < 1.29 is 9.31 Å². The number of rotatable bonds is 1. The fraction of sp³-hybridized carbons (Fsp3) is 0. The van der Waals surface area contributed by atoms with Gasteiger partial charge >= 0.3 is 5.69 Å². The molecule has 0 saturated heterocycles. The molecule has 0 amide bonds. The summed E-state index contributed by atoms with van der Waals surface area (Å²) in [5.41, 5.74) is -0.221. The van der Waals surface area contributed by atoms with Gasteiger partial charge in [0.25, 0.3) is 0 Å². The van der Waals surface area contributed by atoms with Crippen LogP contribution in [0.25, 0.3) is 10.2 Å². The number of halogens is 2. The van der Waals surface area contributed by atoms with E-state index < -0.39 is 16.4 Å². The first-order valence-electron chi connectivity index (χ1n) is 3.48. The Morgan fingerprint density at radius 1 is 1.57 bits per heavy atom. The summed E-state index contributed by atoms with van der Waals surface area (Å²) in [6.45, 7) is 0. The standard InChI is InChI=1S/C7H2ClFN2O2S/c8-7-10-4-1-3(9)5(11(12)13)2-6(4)14-7/h1-2H. The largest absolute Gasteiger partial charge is 0.306 e.